The van der Waals surface area contributed by atoms with E-state index >= 15 is 0 Å². The standard InChI is InChI=1S/C17H26F4N4/c1-6-22-15(24-11-16(2,3)25(4)5)23-10-12-7-8-13(18)9-14(12)17(19,20)21/h7-9H,6,10-11H2,1-5H3,(H2,22,23,24). The topological polar surface area (TPSA) is 39.7 Å². The molecule has 1 aromatic carbocycles. The van der Waals surface area contributed by atoms with Gasteiger partial charge in [0.25, 0.3) is 0 Å². The molecule has 1 aromatic rings. The quantitative estimate of drug-likeness (QED) is 0.464. The van der Waals surface area contributed by atoms with Gasteiger partial charge in [-0.3, -0.25) is 0 Å². The van der Waals surface area contributed by atoms with Crippen molar-refractivity contribution < 1.29 is 17.6 Å². The molecule has 1 rings (SSSR count). The van der Waals surface area contributed by atoms with E-state index < -0.39 is 17.6 Å². The molecule has 0 spiro atoms. The summed E-state index contributed by atoms with van der Waals surface area (Å²) >= 11 is 0. The maximum atomic E-state index is 13.2. The van der Waals surface area contributed by atoms with E-state index in [1.165, 1.54) is 0 Å². The van der Waals surface area contributed by atoms with E-state index in [0.717, 1.165) is 12.1 Å². The molecular weight excluding hydrogens is 336 g/mol. The molecule has 0 aliphatic rings. The first kappa shape index (κ1) is 21.2. The maximum absolute atomic E-state index is 13.2. The summed E-state index contributed by atoms with van der Waals surface area (Å²) in [5, 5.41) is 6.12. The second-order valence-corrected chi connectivity index (χ2v) is 6.55. The minimum atomic E-state index is -4.62. The number of nitrogens with zero attached hydrogens (tertiary/aromatic N) is 2. The third kappa shape index (κ3) is 6.53. The number of guanidine groups is 1. The minimum Gasteiger partial charge on any atom is -0.357 e. The average Bonchev–Trinajstić information content (AvgIpc) is 2.50. The molecule has 0 radical (unpaired) electrons. The summed E-state index contributed by atoms with van der Waals surface area (Å²) in [7, 11) is 3.89. The van der Waals surface area contributed by atoms with Gasteiger partial charge in [0.2, 0.25) is 0 Å². The Balaban J connectivity index is 2.95. The van der Waals surface area contributed by atoms with Gasteiger partial charge < -0.3 is 15.5 Å². The van der Waals surface area contributed by atoms with E-state index in [1.807, 2.05) is 39.8 Å². The van der Waals surface area contributed by atoms with Gasteiger partial charge in [-0.15, -0.1) is 0 Å². The van der Waals surface area contributed by atoms with Crippen LogP contribution in [0, 0.1) is 5.82 Å². The number of hydrogen-bond donors (Lipinski definition) is 2. The Morgan fingerprint density at radius 2 is 1.80 bits per heavy atom. The van der Waals surface area contributed by atoms with Crippen LogP contribution < -0.4 is 10.6 Å². The van der Waals surface area contributed by atoms with Crippen molar-refractivity contribution in [3.8, 4) is 0 Å². The zero-order valence-electron chi connectivity index (χ0n) is 15.3. The molecule has 0 fully saturated rings. The van der Waals surface area contributed by atoms with Crippen molar-refractivity contribution in [1.29, 1.82) is 0 Å². The summed E-state index contributed by atoms with van der Waals surface area (Å²) in [6.07, 6.45) is -4.62. The van der Waals surface area contributed by atoms with Crippen LogP contribution >= 0.6 is 0 Å². The number of nitrogens with one attached hydrogen (secondary N) is 2. The first-order valence-electron chi connectivity index (χ1n) is 8.02. The number of hydrogen-bond acceptors (Lipinski definition) is 2. The van der Waals surface area contributed by atoms with Crippen LogP contribution in [0.3, 0.4) is 0 Å². The molecular formula is C17H26F4N4. The van der Waals surface area contributed by atoms with Gasteiger partial charge >= 0.3 is 6.18 Å². The van der Waals surface area contributed by atoms with Crippen LogP contribution in [-0.2, 0) is 12.7 Å². The zero-order valence-corrected chi connectivity index (χ0v) is 15.3. The van der Waals surface area contributed by atoms with Crippen LogP contribution in [-0.4, -0.2) is 43.6 Å². The van der Waals surface area contributed by atoms with Gasteiger partial charge in [-0.2, -0.15) is 13.2 Å². The summed E-state index contributed by atoms with van der Waals surface area (Å²) in [5.74, 6) is -0.507. The van der Waals surface area contributed by atoms with Crippen LogP contribution in [0.25, 0.3) is 0 Å². The Bertz CT molecular complexity index is 595. The predicted octanol–water partition coefficient (Wildman–Crippen LogP) is 3.24. The summed E-state index contributed by atoms with van der Waals surface area (Å²) in [5.41, 5.74) is -1.23. The SMILES string of the molecule is CCNC(=NCc1ccc(F)cc1C(F)(F)F)NCC(C)(C)N(C)C. The molecule has 0 bridgehead atoms. The molecule has 0 saturated heterocycles. The Labute approximate surface area is 146 Å². The maximum Gasteiger partial charge on any atom is 0.416 e. The monoisotopic (exact) mass is 362 g/mol. The highest BCUT2D eigenvalue weighted by atomic mass is 19.4. The van der Waals surface area contributed by atoms with Crippen LogP contribution in [0.1, 0.15) is 31.9 Å². The van der Waals surface area contributed by atoms with E-state index in [0.29, 0.717) is 25.1 Å². The number of aliphatic imine (C=N–C) groups is 1. The van der Waals surface area contributed by atoms with E-state index in [-0.39, 0.29) is 17.6 Å². The van der Waals surface area contributed by atoms with Gasteiger partial charge in [0.05, 0.1) is 12.1 Å². The first-order valence-corrected chi connectivity index (χ1v) is 8.02. The number of halogens is 4. The lowest BCUT2D eigenvalue weighted by atomic mass is 10.0. The van der Waals surface area contributed by atoms with Crippen LogP contribution in [0.4, 0.5) is 17.6 Å². The summed E-state index contributed by atoms with van der Waals surface area (Å²) in [6.45, 7) is 6.86. The van der Waals surface area contributed by atoms with Crippen molar-refractivity contribution in [3.05, 3.63) is 35.1 Å². The summed E-state index contributed by atoms with van der Waals surface area (Å²) in [4.78, 5) is 6.24. The Morgan fingerprint density at radius 3 is 2.32 bits per heavy atom. The van der Waals surface area contributed by atoms with Crippen molar-refractivity contribution in [2.24, 2.45) is 4.99 Å². The van der Waals surface area contributed by atoms with Gasteiger partial charge in [-0.25, -0.2) is 9.38 Å². The van der Waals surface area contributed by atoms with Crippen LogP contribution in [0.5, 0.6) is 0 Å². The van der Waals surface area contributed by atoms with Gasteiger partial charge in [0.15, 0.2) is 5.96 Å². The molecule has 0 unspecified atom stereocenters. The van der Waals surface area contributed by atoms with Crippen LogP contribution in [0.15, 0.2) is 23.2 Å². The fourth-order valence-electron chi connectivity index (χ4n) is 1.91. The summed E-state index contributed by atoms with van der Waals surface area (Å²) in [6, 6.07) is 2.63. The minimum absolute atomic E-state index is 0.0713. The number of rotatable bonds is 6. The lowest BCUT2D eigenvalue weighted by Gasteiger charge is -2.33. The Kier molecular flexibility index (Phi) is 7.22. The predicted molar refractivity (Wildman–Crippen MR) is 92.0 cm³/mol. The molecule has 0 aliphatic carbocycles. The molecule has 0 amide bonds. The van der Waals surface area contributed by atoms with E-state index in [9.17, 15) is 17.6 Å². The molecule has 0 atom stereocenters. The average molecular weight is 362 g/mol. The van der Waals surface area contributed by atoms with Crippen molar-refractivity contribution in [2.45, 2.75) is 39.0 Å². The second kappa shape index (κ2) is 8.51. The highest BCUT2D eigenvalue weighted by Crippen LogP contribution is 2.32. The van der Waals surface area contributed by atoms with Crippen molar-refractivity contribution in [2.75, 3.05) is 27.2 Å². The molecule has 8 heteroatoms. The molecule has 0 aliphatic heterocycles. The smallest absolute Gasteiger partial charge is 0.357 e. The lowest BCUT2D eigenvalue weighted by molar-refractivity contribution is -0.138. The number of likely N-dealkylation sites (N-methyl/N-ethyl adjacent to an activating group) is 1. The Hall–Kier alpha value is -1.83. The number of alkyl halides is 3. The molecule has 25 heavy (non-hydrogen) atoms. The van der Waals surface area contributed by atoms with Crippen molar-refractivity contribution in [3.63, 3.8) is 0 Å². The van der Waals surface area contributed by atoms with Gasteiger partial charge in [-0.1, -0.05) is 6.07 Å². The van der Waals surface area contributed by atoms with Crippen molar-refractivity contribution >= 4 is 5.96 Å². The van der Waals surface area contributed by atoms with E-state index in [1.54, 1.807) is 0 Å². The lowest BCUT2D eigenvalue weighted by Crippen LogP contribution is -2.50. The molecule has 0 aromatic heterocycles. The van der Waals surface area contributed by atoms with Gasteiger partial charge in [0.1, 0.15) is 5.82 Å². The zero-order chi connectivity index (χ0) is 19.3. The van der Waals surface area contributed by atoms with Gasteiger partial charge in [0, 0.05) is 18.6 Å². The fourth-order valence-corrected chi connectivity index (χ4v) is 1.91. The summed E-state index contributed by atoms with van der Waals surface area (Å²) < 4.78 is 52.3. The largest absolute Gasteiger partial charge is 0.416 e. The van der Waals surface area contributed by atoms with Gasteiger partial charge in [-0.05, 0) is 52.6 Å². The molecule has 142 valence electrons. The third-order valence-electron chi connectivity index (χ3n) is 4.03. The molecule has 4 nitrogen and oxygen atoms in total. The van der Waals surface area contributed by atoms with E-state index in [2.05, 4.69) is 15.6 Å². The second-order valence-electron chi connectivity index (χ2n) is 6.55. The molecule has 0 saturated carbocycles. The highest BCUT2D eigenvalue weighted by molar-refractivity contribution is 5.79. The highest BCUT2D eigenvalue weighted by Gasteiger charge is 2.33. The number of benzene rings is 1. The van der Waals surface area contributed by atoms with Crippen LogP contribution in [0.2, 0.25) is 0 Å². The Morgan fingerprint density at radius 1 is 1.16 bits per heavy atom. The first-order chi connectivity index (χ1) is 11.5. The molecule has 2 N–H and O–H groups in total. The van der Waals surface area contributed by atoms with E-state index in [4.69, 9.17) is 0 Å². The normalized spacial score (nSPS) is 13.3. The fraction of sp³-hybridized carbons (Fsp3) is 0.588. The molecule has 0 heterocycles. The third-order valence-corrected chi connectivity index (χ3v) is 4.03. The van der Waals surface area contributed by atoms with Crippen molar-refractivity contribution in [1.82, 2.24) is 15.5 Å².